The number of hydrogen-bond donors (Lipinski definition) is 2. The average molecular weight is 330 g/mol. The number of hydrogen-bond acceptors (Lipinski definition) is 2. The molecule has 1 aromatic carbocycles. The highest BCUT2D eigenvalue weighted by Crippen LogP contribution is 2.23. The largest absolute Gasteiger partial charge is 0.346 e. The van der Waals surface area contributed by atoms with Gasteiger partial charge >= 0.3 is 6.07 Å². The highest BCUT2D eigenvalue weighted by molar-refractivity contribution is 6.30. The van der Waals surface area contributed by atoms with Crippen molar-refractivity contribution in [2.45, 2.75) is 51.1 Å². The van der Waals surface area contributed by atoms with Crippen molar-refractivity contribution in [2.75, 3.05) is 5.32 Å². The third-order valence-corrected chi connectivity index (χ3v) is 4.41. The number of aryl methyl sites for hydroxylation is 1. The zero-order chi connectivity index (χ0) is 16.1. The molecule has 1 aromatic heterocycles. The summed E-state index contributed by atoms with van der Waals surface area (Å²) in [5.41, 5.74) is 2.10. The summed E-state index contributed by atoms with van der Waals surface area (Å²) in [5, 5.41) is 11.3. The van der Waals surface area contributed by atoms with Crippen molar-refractivity contribution in [1.29, 1.82) is 0 Å². The first-order chi connectivity index (χ1) is 11.2. The number of nitrogens with one attached hydrogen (secondary N) is 2. The van der Waals surface area contributed by atoms with Crippen LogP contribution in [0.4, 0.5) is 5.82 Å². The second kappa shape index (κ2) is 7.52. The van der Waals surface area contributed by atoms with Crippen molar-refractivity contribution in [3.63, 3.8) is 0 Å². The second-order valence-electron chi connectivity index (χ2n) is 6.12. The molecule has 23 heavy (non-hydrogen) atoms. The van der Waals surface area contributed by atoms with Gasteiger partial charge in [-0.25, -0.2) is 0 Å². The molecule has 0 bridgehead atoms. The number of halogens is 1. The number of aromatic nitrogens is 2. The van der Waals surface area contributed by atoms with Crippen LogP contribution in [0.15, 0.2) is 30.3 Å². The van der Waals surface area contributed by atoms with E-state index in [-0.39, 0.29) is 6.04 Å². The van der Waals surface area contributed by atoms with Gasteiger partial charge in [-0.1, -0.05) is 35.0 Å². The topological polar surface area (TPSA) is 45.1 Å². The zero-order valence-electron chi connectivity index (χ0n) is 13.3. The number of rotatable bonds is 3. The van der Waals surface area contributed by atoms with E-state index in [1.54, 1.807) is 0 Å². The van der Waals surface area contributed by atoms with Crippen molar-refractivity contribution in [2.24, 2.45) is 0 Å². The average Bonchev–Trinajstić information content (AvgIpc) is 2.98. The Labute approximate surface area is 142 Å². The molecule has 5 heteroatoms. The van der Waals surface area contributed by atoms with Crippen LogP contribution in [0, 0.1) is 13.0 Å². The quantitative estimate of drug-likeness (QED) is 0.813. The maximum absolute atomic E-state index is 6.00. The van der Waals surface area contributed by atoms with Crippen LogP contribution in [0.5, 0.6) is 0 Å². The van der Waals surface area contributed by atoms with Crippen molar-refractivity contribution in [3.05, 3.63) is 51.5 Å². The molecule has 0 radical (unpaired) electrons. The Morgan fingerprint density at radius 1 is 1.26 bits per heavy atom. The van der Waals surface area contributed by atoms with Crippen LogP contribution in [-0.4, -0.2) is 16.2 Å². The Kier molecular flexibility index (Phi) is 5.19. The smallest absolute Gasteiger partial charge is 0.303 e. The summed E-state index contributed by atoms with van der Waals surface area (Å²) in [7, 11) is 0. The highest BCUT2D eigenvalue weighted by atomic mass is 35.5. The van der Waals surface area contributed by atoms with Crippen LogP contribution in [-0.2, 0) is 0 Å². The summed E-state index contributed by atoms with van der Waals surface area (Å²) >= 11 is 6.00. The van der Waals surface area contributed by atoms with Gasteiger partial charge in [-0.05, 0) is 37.5 Å². The number of benzene rings is 1. The molecule has 0 saturated heterocycles. The Hall–Kier alpha value is -1.99. The number of aromatic amines is 1. The Balaban J connectivity index is 1.80. The van der Waals surface area contributed by atoms with Crippen LogP contribution in [0.1, 0.15) is 49.4 Å². The predicted octanol–water partition coefficient (Wildman–Crippen LogP) is 5.19. The van der Waals surface area contributed by atoms with Crippen molar-refractivity contribution in [3.8, 4) is 6.07 Å². The number of nitrogens with zero attached hydrogens (tertiary/aromatic N) is 2. The van der Waals surface area contributed by atoms with E-state index in [0.717, 1.165) is 22.1 Å². The van der Waals surface area contributed by atoms with Crippen molar-refractivity contribution in [1.82, 2.24) is 10.2 Å². The van der Waals surface area contributed by atoms with Crippen LogP contribution in [0.3, 0.4) is 0 Å². The minimum Gasteiger partial charge on any atom is -0.346 e. The minimum absolute atomic E-state index is 0.128. The van der Waals surface area contributed by atoms with E-state index in [2.05, 4.69) is 21.6 Å². The van der Waals surface area contributed by atoms with Crippen molar-refractivity contribution < 1.29 is 0 Å². The van der Waals surface area contributed by atoms with E-state index in [1.165, 1.54) is 32.1 Å². The van der Waals surface area contributed by atoms with Gasteiger partial charge in [-0.15, -0.1) is 0 Å². The molecule has 2 N–H and O–H groups in total. The van der Waals surface area contributed by atoms with E-state index in [9.17, 15) is 0 Å². The first kappa shape index (κ1) is 15.9. The Morgan fingerprint density at radius 3 is 2.65 bits per heavy atom. The van der Waals surface area contributed by atoms with Crippen LogP contribution in [0.2, 0.25) is 5.02 Å². The molecule has 1 aliphatic carbocycles. The lowest BCUT2D eigenvalue weighted by molar-refractivity contribution is 0.480. The zero-order valence-corrected chi connectivity index (χ0v) is 14.1. The first-order valence-corrected chi connectivity index (χ1v) is 8.58. The molecule has 1 unspecified atom stereocenters. The minimum atomic E-state index is -0.128. The Morgan fingerprint density at radius 2 is 2.00 bits per heavy atom. The van der Waals surface area contributed by atoms with Gasteiger partial charge in [-0.2, -0.15) is 5.10 Å². The number of H-pyrrole nitrogens is 1. The van der Waals surface area contributed by atoms with E-state index in [4.69, 9.17) is 16.4 Å². The van der Waals surface area contributed by atoms with Gasteiger partial charge in [-0.3, -0.25) is 5.10 Å². The summed E-state index contributed by atoms with van der Waals surface area (Å²) in [6.45, 7) is 1.98. The summed E-state index contributed by atoms with van der Waals surface area (Å²) < 4.78 is 0. The third kappa shape index (κ3) is 4.49. The van der Waals surface area contributed by atoms with Gasteiger partial charge < -0.3 is 5.32 Å². The molecule has 0 spiro atoms. The lowest BCUT2D eigenvalue weighted by Gasteiger charge is -2.10. The molecule has 0 aliphatic heterocycles. The van der Waals surface area contributed by atoms with Crippen LogP contribution in [0.25, 0.3) is 4.85 Å². The van der Waals surface area contributed by atoms with E-state index < -0.39 is 0 Å². The fourth-order valence-corrected chi connectivity index (χ4v) is 3.00. The Bertz CT molecular complexity index is 690. The molecular formula is C18H22ClN4+. The van der Waals surface area contributed by atoms with Crippen LogP contribution >= 0.6 is 11.6 Å². The molecule has 3 rings (SSSR count). The number of anilines is 1. The molecule has 120 valence electrons. The maximum Gasteiger partial charge on any atom is 0.303 e. The highest BCUT2D eigenvalue weighted by Gasteiger charge is 2.22. The lowest BCUT2D eigenvalue weighted by Crippen LogP contribution is -2.11. The van der Waals surface area contributed by atoms with Gasteiger partial charge in [0.1, 0.15) is 5.82 Å². The van der Waals surface area contributed by atoms with Gasteiger partial charge in [0.15, 0.2) is 6.04 Å². The van der Waals surface area contributed by atoms with E-state index in [0.29, 0.717) is 6.04 Å². The summed E-state index contributed by atoms with van der Waals surface area (Å²) in [5.74, 6) is 0.800. The summed E-state index contributed by atoms with van der Waals surface area (Å²) in [6.07, 6.45) is 6.21. The summed E-state index contributed by atoms with van der Waals surface area (Å²) in [6, 6.07) is 13.3. The maximum atomic E-state index is 6.00. The van der Waals surface area contributed by atoms with Gasteiger partial charge in [0.2, 0.25) is 0 Å². The fourth-order valence-electron chi connectivity index (χ4n) is 2.88. The SMILES string of the molecule is Cc1cc(NC(C#[N+]C2CCCCC2)c2ccc(Cl)cc2)n[nH]1. The first-order valence-electron chi connectivity index (χ1n) is 8.20. The molecule has 4 nitrogen and oxygen atoms in total. The van der Waals surface area contributed by atoms with E-state index >= 15 is 0 Å². The summed E-state index contributed by atoms with van der Waals surface area (Å²) in [4.78, 5) is 4.70. The molecule has 1 fully saturated rings. The van der Waals surface area contributed by atoms with Gasteiger partial charge in [0.25, 0.3) is 6.04 Å². The second-order valence-corrected chi connectivity index (χ2v) is 6.55. The molecule has 1 aliphatic rings. The van der Waals surface area contributed by atoms with Crippen molar-refractivity contribution >= 4 is 17.4 Å². The molecule has 1 heterocycles. The standard InChI is InChI=1S/C18H22ClN4/c1-13-11-18(23-22-13)21-17(14-7-9-15(19)10-8-14)12-20-16-5-3-2-4-6-16/h7-11,16-17H,2-6H2,1H3,(H2,21,22,23)/q+1. The monoisotopic (exact) mass is 329 g/mol. The third-order valence-electron chi connectivity index (χ3n) is 4.16. The molecular weight excluding hydrogens is 308 g/mol. The van der Waals surface area contributed by atoms with Crippen LogP contribution < -0.4 is 5.32 Å². The molecule has 0 amide bonds. The van der Waals surface area contributed by atoms with E-state index in [1.807, 2.05) is 37.3 Å². The van der Waals surface area contributed by atoms with Gasteiger partial charge in [0, 0.05) is 29.6 Å². The van der Waals surface area contributed by atoms with Gasteiger partial charge in [0.05, 0.1) is 0 Å². The normalized spacial score (nSPS) is 16.4. The fraction of sp³-hybridized carbons (Fsp3) is 0.444. The molecule has 1 atom stereocenters. The molecule has 2 aromatic rings. The molecule has 1 saturated carbocycles. The lowest BCUT2D eigenvalue weighted by atomic mass is 9.96. The predicted molar refractivity (Wildman–Crippen MR) is 95.3 cm³/mol.